The van der Waals surface area contributed by atoms with E-state index in [9.17, 15) is 9.90 Å². The third kappa shape index (κ3) is 3.95. The molecule has 4 aromatic rings. The molecule has 1 aromatic heterocycles. The number of thioether (sulfide) groups is 1. The van der Waals surface area contributed by atoms with Gasteiger partial charge < -0.3 is 19.7 Å². The van der Waals surface area contributed by atoms with Crippen LogP contribution in [0.1, 0.15) is 39.0 Å². The van der Waals surface area contributed by atoms with E-state index in [1.165, 1.54) is 44.1 Å². The number of nitrogens with zero attached hydrogens (tertiary/aromatic N) is 2. The van der Waals surface area contributed by atoms with Gasteiger partial charge in [0.1, 0.15) is 0 Å². The van der Waals surface area contributed by atoms with Crippen molar-refractivity contribution in [1.82, 2.24) is 14.8 Å². The Balaban J connectivity index is 1.32. The first-order valence-electron chi connectivity index (χ1n) is 13.7. The zero-order valence-corrected chi connectivity index (χ0v) is 22.4. The topological polar surface area (TPSA) is 66.7 Å². The SMILES string of the molecule is O=C1NCc2c1c1c(c3c2c2cc(CSCCN4CCOCC4)ccc2n3CCCO)Cc2ccccc2-1. The van der Waals surface area contributed by atoms with Crippen LogP contribution in [-0.2, 0) is 30.0 Å². The van der Waals surface area contributed by atoms with E-state index in [1.54, 1.807) is 0 Å². The Kier molecular flexibility index (Phi) is 6.40. The lowest BCUT2D eigenvalue weighted by atomic mass is 9.92. The van der Waals surface area contributed by atoms with Crippen molar-refractivity contribution in [2.24, 2.45) is 0 Å². The summed E-state index contributed by atoms with van der Waals surface area (Å²) >= 11 is 1.98. The summed E-state index contributed by atoms with van der Waals surface area (Å²) in [5.74, 6) is 2.12. The van der Waals surface area contributed by atoms with Crippen molar-refractivity contribution in [2.75, 3.05) is 45.2 Å². The molecule has 0 saturated carbocycles. The Bertz CT molecular complexity index is 1550. The second-order valence-corrected chi connectivity index (χ2v) is 11.6. The highest BCUT2D eigenvalue weighted by Gasteiger charge is 2.35. The summed E-state index contributed by atoms with van der Waals surface area (Å²) in [7, 11) is 0. The minimum Gasteiger partial charge on any atom is -0.396 e. The Morgan fingerprint density at radius 2 is 1.89 bits per heavy atom. The molecular weight excluding hydrogens is 494 g/mol. The van der Waals surface area contributed by atoms with Crippen LogP contribution in [0.3, 0.4) is 0 Å². The molecule has 7 heteroatoms. The van der Waals surface area contributed by atoms with Gasteiger partial charge in [0.05, 0.1) is 24.3 Å². The molecule has 0 atom stereocenters. The molecule has 3 aliphatic rings. The fourth-order valence-corrected chi connectivity index (χ4v) is 7.53. The molecule has 3 aromatic carbocycles. The number of nitrogens with one attached hydrogen (secondary N) is 1. The number of benzene rings is 3. The average molecular weight is 528 g/mol. The number of carbonyl (C=O) groups is 1. The van der Waals surface area contributed by atoms with Crippen LogP contribution in [0.5, 0.6) is 0 Å². The van der Waals surface area contributed by atoms with E-state index < -0.39 is 0 Å². The molecule has 3 heterocycles. The van der Waals surface area contributed by atoms with Crippen molar-refractivity contribution in [3.63, 3.8) is 0 Å². The predicted molar refractivity (Wildman–Crippen MR) is 154 cm³/mol. The van der Waals surface area contributed by atoms with Gasteiger partial charge in [0.25, 0.3) is 5.91 Å². The van der Waals surface area contributed by atoms with Crippen LogP contribution in [0.25, 0.3) is 32.9 Å². The molecule has 2 aliphatic heterocycles. The molecule has 0 spiro atoms. The van der Waals surface area contributed by atoms with Gasteiger partial charge in [0.2, 0.25) is 0 Å². The summed E-state index contributed by atoms with van der Waals surface area (Å²) in [5.41, 5.74) is 10.6. The lowest BCUT2D eigenvalue weighted by Gasteiger charge is -2.26. The van der Waals surface area contributed by atoms with Gasteiger partial charge in [-0.3, -0.25) is 9.69 Å². The summed E-state index contributed by atoms with van der Waals surface area (Å²) in [4.78, 5) is 15.7. The predicted octanol–water partition coefficient (Wildman–Crippen LogP) is 4.56. The van der Waals surface area contributed by atoms with Gasteiger partial charge in [0, 0.05) is 79.1 Å². The van der Waals surface area contributed by atoms with Crippen molar-refractivity contribution in [2.45, 2.75) is 31.7 Å². The van der Waals surface area contributed by atoms with Crippen LogP contribution in [0, 0.1) is 0 Å². The summed E-state index contributed by atoms with van der Waals surface area (Å²) < 4.78 is 7.88. The first kappa shape index (κ1) is 24.2. The van der Waals surface area contributed by atoms with E-state index in [2.05, 4.69) is 57.2 Å². The van der Waals surface area contributed by atoms with Gasteiger partial charge in [-0.1, -0.05) is 30.3 Å². The van der Waals surface area contributed by atoms with Gasteiger partial charge in [-0.15, -0.1) is 0 Å². The van der Waals surface area contributed by atoms with E-state index >= 15 is 0 Å². The maximum absolute atomic E-state index is 13.2. The van der Waals surface area contributed by atoms with Gasteiger partial charge in [-0.05, 0) is 46.4 Å². The lowest BCUT2D eigenvalue weighted by Crippen LogP contribution is -2.37. The Morgan fingerprint density at radius 3 is 2.76 bits per heavy atom. The molecule has 1 saturated heterocycles. The smallest absolute Gasteiger partial charge is 0.252 e. The van der Waals surface area contributed by atoms with Crippen molar-refractivity contribution >= 4 is 39.5 Å². The molecule has 0 radical (unpaired) electrons. The number of aryl methyl sites for hydroxylation is 1. The van der Waals surface area contributed by atoms with Crippen LogP contribution in [0.15, 0.2) is 42.5 Å². The van der Waals surface area contributed by atoms with Crippen LogP contribution < -0.4 is 5.32 Å². The first-order valence-corrected chi connectivity index (χ1v) is 14.9. The van der Waals surface area contributed by atoms with E-state index in [-0.39, 0.29) is 12.5 Å². The molecule has 196 valence electrons. The summed E-state index contributed by atoms with van der Waals surface area (Å²) in [6.07, 6.45) is 1.54. The number of rotatable bonds is 8. The Hall–Kier alpha value is -2.84. The highest BCUT2D eigenvalue weighted by molar-refractivity contribution is 7.98. The van der Waals surface area contributed by atoms with Crippen LogP contribution in [-0.4, -0.2) is 65.7 Å². The number of hydrogen-bond acceptors (Lipinski definition) is 5. The van der Waals surface area contributed by atoms with E-state index in [0.29, 0.717) is 13.0 Å². The van der Waals surface area contributed by atoms with Gasteiger partial charge in [0.15, 0.2) is 0 Å². The fraction of sp³-hybridized carbons (Fsp3) is 0.387. The summed E-state index contributed by atoms with van der Waals surface area (Å²) in [6, 6.07) is 15.4. The van der Waals surface area contributed by atoms with Crippen molar-refractivity contribution in [3.05, 3.63) is 70.3 Å². The third-order valence-corrected chi connectivity index (χ3v) is 9.35. The fourth-order valence-electron chi connectivity index (χ4n) is 6.59. The minimum absolute atomic E-state index is 0.0425. The van der Waals surface area contributed by atoms with Gasteiger partial charge >= 0.3 is 0 Å². The van der Waals surface area contributed by atoms with Gasteiger partial charge in [-0.25, -0.2) is 0 Å². The van der Waals surface area contributed by atoms with E-state index in [0.717, 1.165) is 74.0 Å². The highest BCUT2D eigenvalue weighted by Crippen LogP contribution is 2.48. The molecule has 6 nitrogen and oxygen atoms in total. The number of amides is 1. The molecule has 38 heavy (non-hydrogen) atoms. The van der Waals surface area contributed by atoms with Crippen LogP contribution in [0.2, 0.25) is 0 Å². The number of aliphatic hydroxyl groups excluding tert-OH is 1. The van der Waals surface area contributed by atoms with Crippen LogP contribution in [0.4, 0.5) is 0 Å². The first-order chi connectivity index (χ1) is 18.7. The summed E-state index contributed by atoms with van der Waals surface area (Å²) in [5, 5.41) is 15.3. The number of ether oxygens (including phenoxy) is 1. The quantitative estimate of drug-likeness (QED) is 0.290. The molecular formula is C31H33N3O3S. The second kappa shape index (κ2) is 10.0. The maximum atomic E-state index is 13.2. The lowest BCUT2D eigenvalue weighted by molar-refractivity contribution is 0.0410. The average Bonchev–Trinajstić information content (AvgIpc) is 3.61. The molecule has 7 rings (SSSR count). The number of aromatic nitrogens is 1. The maximum Gasteiger partial charge on any atom is 0.252 e. The Labute approximate surface area is 226 Å². The molecule has 0 unspecified atom stereocenters. The Morgan fingerprint density at radius 1 is 1.03 bits per heavy atom. The zero-order valence-electron chi connectivity index (χ0n) is 21.6. The van der Waals surface area contributed by atoms with Crippen molar-refractivity contribution in [3.8, 4) is 11.1 Å². The molecule has 1 fully saturated rings. The molecule has 1 amide bonds. The van der Waals surface area contributed by atoms with Crippen LogP contribution >= 0.6 is 11.8 Å². The molecule has 1 aliphatic carbocycles. The zero-order chi connectivity index (χ0) is 25.6. The standard InChI is InChI=1S/C31H33N3O3S/c35-12-3-8-34-26-7-6-20(19-38-15-11-33-9-13-37-14-10-33)16-23(26)28-25-18-32-31(36)29(25)27-22-5-2-1-4-21(22)17-24(27)30(28)34/h1-2,4-7,16,35H,3,8-15,17-19H2,(H,32,36). The normalized spacial score (nSPS) is 16.7. The van der Waals surface area contributed by atoms with Crippen molar-refractivity contribution < 1.29 is 14.6 Å². The number of fused-ring (bicyclic) bond motifs is 10. The summed E-state index contributed by atoms with van der Waals surface area (Å²) in [6.45, 7) is 6.34. The van der Waals surface area contributed by atoms with E-state index in [4.69, 9.17) is 4.74 Å². The number of morpholine rings is 1. The largest absolute Gasteiger partial charge is 0.396 e. The number of aliphatic hydroxyl groups is 1. The molecule has 2 N–H and O–H groups in total. The molecule has 0 bridgehead atoms. The van der Waals surface area contributed by atoms with Crippen molar-refractivity contribution in [1.29, 1.82) is 0 Å². The second-order valence-electron chi connectivity index (χ2n) is 10.5. The third-order valence-electron chi connectivity index (χ3n) is 8.34. The highest BCUT2D eigenvalue weighted by atomic mass is 32.2. The van der Waals surface area contributed by atoms with Gasteiger partial charge in [-0.2, -0.15) is 11.8 Å². The monoisotopic (exact) mass is 527 g/mol. The number of carbonyl (C=O) groups excluding carboxylic acids is 1. The minimum atomic E-state index is 0.0425. The number of hydrogen-bond donors (Lipinski definition) is 2. The van der Waals surface area contributed by atoms with E-state index in [1.807, 2.05) is 11.8 Å².